The zero-order valence-corrected chi connectivity index (χ0v) is 9.26. The average molecular weight is 212 g/mol. The summed E-state index contributed by atoms with van der Waals surface area (Å²) in [6, 6.07) is 1.97. The molecule has 0 amide bonds. The van der Waals surface area contributed by atoms with Gasteiger partial charge in [0.15, 0.2) is 0 Å². The molecule has 1 aliphatic heterocycles. The quantitative estimate of drug-likeness (QED) is 0.750. The third-order valence-corrected chi connectivity index (χ3v) is 3.41. The Hall–Kier alpha value is -0.810. The molecule has 4 nitrogen and oxygen atoms in total. The number of nitrogen functional groups attached to an aromatic ring is 1. The Morgan fingerprint density at radius 2 is 2.21 bits per heavy atom. The van der Waals surface area contributed by atoms with Crippen molar-refractivity contribution >= 4 is 22.4 Å². The van der Waals surface area contributed by atoms with Crippen molar-refractivity contribution in [2.45, 2.75) is 6.42 Å². The fraction of sp³-hybridized carbons (Fsp3) is 0.667. The van der Waals surface area contributed by atoms with Crippen molar-refractivity contribution in [3.05, 3.63) is 6.07 Å². The van der Waals surface area contributed by atoms with Crippen LogP contribution >= 0.6 is 11.5 Å². The summed E-state index contributed by atoms with van der Waals surface area (Å²) in [5, 5.41) is 1.21. The second-order valence-corrected chi connectivity index (χ2v) is 4.52. The summed E-state index contributed by atoms with van der Waals surface area (Å²) >= 11 is 1.50. The van der Waals surface area contributed by atoms with Gasteiger partial charge in [-0.2, -0.15) is 4.37 Å². The van der Waals surface area contributed by atoms with E-state index >= 15 is 0 Å². The van der Waals surface area contributed by atoms with Crippen LogP contribution in [0.5, 0.6) is 0 Å². The van der Waals surface area contributed by atoms with Crippen molar-refractivity contribution in [2.24, 2.45) is 0 Å². The van der Waals surface area contributed by atoms with Crippen LogP contribution in [0.25, 0.3) is 0 Å². The molecule has 0 aliphatic carbocycles. The van der Waals surface area contributed by atoms with Crippen LogP contribution < -0.4 is 10.6 Å². The largest absolute Gasteiger partial charge is 0.383 e. The molecule has 2 rings (SSSR count). The second-order valence-electron chi connectivity index (χ2n) is 3.73. The van der Waals surface area contributed by atoms with Crippen molar-refractivity contribution in [3.63, 3.8) is 0 Å². The number of rotatable bonds is 1. The molecule has 0 bridgehead atoms. The van der Waals surface area contributed by atoms with Crippen molar-refractivity contribution in [3.8, 4) is 0 Å². The van der Waals surface area contributed by atoms with Crippen LogP contribution in [0, 0.1) is 0 Å². The van der Waals surface area contributed by atoms with Gasteiger partial charge in [-0.3, -0.25) is 0 Å². The molecule has 2 heterocycles. The molecular weight excluding hydrogens is 196 g/mol. The minimum atomic E-state index is 0.641. The number of hydrogen-bond acceptors (Lipinski definition) is 5. The normalized spacial score (nSPS) is 19.6. The van der Waals surface area contributed by atoms with Gasteiger partial charge < -0.3 is 15.5 Å². The smallest absolute Gasteiger partial charge is 0.139 e. The van der Waals surface area contributed by atoms with Crippen LogP contribution in [0.15, 0.2) is 6.07 Å². The number of nitrogens with two attached hydrogens (primary N) is 1. The second kappa shape index (κ2) is 4.14. The zero-order valence-electron chi connectivity index (χ0n) is 8.44. The summed E-state index contributed by atoms with van der Waals surface area (Å²) in [5.74, 6) is 0.641. The molecule has 1 fully saturated rings. The fourth-order valence-corrected chi connectivity index (χ4v) is 2.42. The fourth-order valence-electron chi connectivity index (χ4n) is 1.69. The predicted octanol–water partition coefficient (Wildman–Crippen LogP) is 0.867. The number of likely N-dealkylation sites (N-methyl/N-ethyl adjacent to an activating group) is 1. The van der Waals surface area contributed by atoms with E-state index < -0.39 is 0 Å². The Labute approximate surface area is 88.5 Å². The van der Waals surface area contributed by atoms with E-state index in [0.29, 0.717) is 5.82 Å². The predicted molar refractivity (Wildman–Crippen MR) is 60.9 cm³/mol. The Kier molecular flexibility index (Phi) is 2.88. The van der Waals surface area contributed by atoms with Crippen LogP contribution in [0.4, 0.5) is 10.8 Å². The van der Waals surface area contributed by atoms with Gasteiger partial charge in [0.1, 0.15) is 10.8 Å². The first kappa shape index (κ1) is 9.73. The molecule has 0 atom stereocenters. The minimum absolute atomic E-state index is 0.641. The summed E-state index contributed by atoms with van der Waals surface area (Å²) in [5.41, 5.74) is 5.61. The Bertz CT molecular complexity index is 299. The monoisotopic (exact) mass is 212 g/mol. The third kappa shape index (κ3) is 2.16. The van der Waals surface area contributed by atoms with E-state index in [1.54, 1.807) is 0 Å². The van der Waals surface area contributed by atoms with Gasteiger partial charge >= 0.3 is 0 Å². The SMILES string of the molecule is CN1CCCN(c2cc(N)ns2)CC1. The van der Waals surface area contributed by atoms with Crippen LogP contribution in [0.3, 0.4) is 0 Å². The van der Waals surface area contributed by atoms with Gasteiger partial charge in [0, 0.05) is 25.7 Å². The van der Waals surface area contributed by atoms with Crippen LogP contribution in [0.2, 0.25) is 0 Å². The Morgan fingerprint density at radius 1 is 1.36 bits per heavy atom. The molecule has 1 saturated heterocycles. The number of nitrogens with zero attached hydrogens (tertiary/aromatic N) is 3. The highest BCUT2D eigenvalue weighted by Crippen LogP contribution is 2.23. The first-order valence-electron chi connectivity index (χ1n) is 4.91. The summed E-state index contributed by atoms with van der Waals surface area (Å²) in [6.45, 7) is 4.51. The van der Waals surface area contributed by atoms with E-state index in [1.807, 2.05) is 6.07 Å². The maximum Gasteiger partial charge on any atom is 0.139 e. The van der Waals surface area contributed by atoms with E-state index in [2.05, 4.69) is 21.2 Å². The lowest BCUT2D eigenvalue weighted by Gasteiger charge is -2.19. The summed E-state index contributed by atoms with van der Waals surface area (Å²) in [4.78, 5) is 4.74. The lowest BCUT2D eigenvalue weighted by atomic mass is 10.4. The zero-order chi connectivity index (χ0) is 9.97. The van der Waals surface area contributed by atoms with Crippen molar-refractivity contribution in [2.75, 3.05) is 43.9 Å². The molecule has 0 aromatic carbocycles. The van der Waals surface area contributed by atoms with Gasteiger partial charge in [-0.15, -0.1) is 0 Å². The topological polar surface area (TPSA) is 45.4 Å². The lowest BCUT2D eigenvalue weighted by molar-refractivity contribution is 0.360. The molecule has 1 aliphatic rings. The van der Waals surface area contributed by atoms with E-state index in [4.69, 9.17) is 5.73 Å². The molecule has 0 radical (unpaired) electrons. The molecule has 78 valence electrons. The van der Waals surface area contributed by atoms with Gasteiger partial charge in [0.05, 0.1) is 0 Å². The van der Waals surface area contributed by atoms with E-state index in [-0.39, 0.29) is 0 Å². The lowest BCUT2D eigenvalue weighted by Crippen LogP contribution is -2.28. The highest BCUT2D eigenvalue weighted by Gasteiger charge is 2.14. The van der Waals surface area contributed by atoms with Crippen molar-refractivity contribution in [1.29, 1.82) is 0 Å². The number of anilines is 2. The molecule has 1 aromatic rings. The summed E-state index contributed by atoms with van der Waals surface area (Å²) in [7, 11) is 2.17. The Morgan fingerprint density at radius 3 is 2.93 bits per heavy atom. The summed E-state index contributed by atoms with van der Waals surface area (Å²) in [6.07, 6.45) is 1.22. The highest BCUT2D eigenvalue weighted by atomic mass is 32.1. The van der Waals surface area contributed by atoms with Crippen LogP contribution in [0.1, 0.15) is 6.42 Å². The van der Waals surface area contributed by atoms with Gasteiger partial charge in [0.2, 0.25) is 0 Å². The van der Waals surface area contributed by atoms with Crippen LogP contribution in [-0.2, 0) is 0 Å². The molecule has 0 spiro atoms. The summed E-state index contributed by atoms with van der Waals surface area (Å²) < 4.78 is 4.11. The highest BCUT2D eigenvalue weighted by molar-refractivity contribution is 7.10. The molecule has 2 N–H and O–H groups in total. The van der Waals surface area contributed by atoms with Gasteiger partial charge in [0.25, 0.3) is 0 Å². The van der Waals surface area contributed by atoms with Crippen molar-refractivity contribution in [1.82, 2.24) is 9.27 Å². The molecular formula is C9H16N4S. The molecule has 0 saturated carbocycles. The maximum absolute atomic E-state index is 5.61. The minimum Gasteiger partial charge on any atom is -0.383 e. The maximum atomic E-state index is 5.61. The first-order valence-corrected chi connectivity index (χ1v) is 5.69. The molecule has 0 unspecified atom stereocenters. The van der Waals surface area contributed by atoms with E-state index in [1.165, 1.54) is 29.5 Å². The van der Waals surface area contributed by atoms with Gasteiger partial charge in [-0.05, 0) is 31.5 Å². The molecule has 14 heavy (non-hydrogen) atoms. The molecule has 5 heteroatoms. The van der Waals surface area contributed by atoms with Gasteiger partial charge in [-0.1, -0.05) is 0 Å². The average Bonchev–Trinajstić information content (AvgIpc) is 2.46. The number of hydrogen-bond donors (Lipinski definition) is 1. The molecule has 1 aromatic heterocycles. The van der Waals surface area contributed by atoms with Gasteiger partial charge in [-0.25, -0.2) is 0 Å². The van der Waals surface area contributed by atoms with E-state index in [0.717, 1.165) is 19.6 Å². The van der Waals surface area contributed by atoms with Crippen molar-refractivity contribution < 1.29 is 0 Å². The standard InChI is InChI=1S/C9H16N4S/c1-12-3-2-4-13(6-5-12)9-7-8(10)11-14-9/h7H,2-6H2,1H3,(H2,10,11). The third-order valence-electron chi connectivity index (χ3n) is 2.55. The number of aromatic nitrogens is 1. The Balaban J connectivity index is 2.04. The van der Waals surface area contributed by atoms with E-state index in [9.17, 15) is 0 Å². The first-order chi connectivity index (χ1) is 6.75. The van der Waals surface area contributed by atoms with Crippen LogP contribution in [-0.4, -0.2) is 42.5 Å².